The summed E-state index contributed by atoms with van der Waals surface area (Å²) in [5.41, 5.74) is 3.39. The summed E-state index contributed by atoms with van der Waals surface area (Å²) in [5, 5.41) is 12.5. The van der Waals surface area contributed by atoms with Gasteiger partial charge >= 0.3 is 0 Å². The highest BCUT2D eigenvalue weighted by atomic mass is 16.5. The summed E-state index contributed by atoms with van der Waals surface area (Å²) in [6, 6.07) is 14.1. The Morgan fingerprint density at radius 1 is 1.05 bits per heavy atom. The molecule has 0 bridgehead atoms. The maximum Gasteiger partial charge on any atom is 0.131 e. The van der Waals surface area contributed by atoms with E-state index in [1.165, 1.54) is 5.56 Å². The topological polar surface area (TPSA) is 41.5 Å². The number of para-hydroxylation sites is 1. The van der Waals surface area contributed by atoms with Gasteiger partial charge in [-0.25, -0.2) is 0 Å². The molecule has 2 aromatic carbocycles. The molecule has 21 heavy (non-hydrogen) atoms. The number of nitrogens with one attached hydrogen (secondary N) is 1. The maximum absolute atomic E-state index is 9.15. The predicted molar refractivity (Wildman–Crippen MR) is 85.9 cm³/mol. The van der Waals surface area contributed by atoms with Crippen LogP contribution in [0.2, 0.25) is 0 Å². The summed E-state index contributed by atoms with van der Waals surface area (Å²) in [7, 11) is 0. The Kier molecular flexibility index (Phi) is 5.78. The number of aryl methyl sites for hydroxylation is 1. The number of rotatable bonds is 7. The third-order valence-corrected chi connectivity index (χ3v) is 3.36. The molecule has 0 aliphatic heterocycles. The van der Waals surface area contributed by atoms with Crippen LogP contribution >= 0.6 is 0 Å². The lowest BCUT2D eigenvalue weighted by atomic mass is 10.1. The van der Waals surface area contributed by atoms with Gasteiger partial charge in [-0.15, -0.1) is 0 Å². The van der Waals surface area contributed by atoms with Gasteiger partial charge < -0.3 is 15.2 Å². The van der Waals surface area contributed by atoms with Crippen molar-refractivity contribution in [2.24, 2.45) is 0 Å². The smallest absolute Gasteiger partial charge is 0.131 e. The summed E-state index contributed by atoms with van der Waals surface area (Å²) < 4.78 is 6.09. The Balaban J connectivity index is 2.26. The largest absolute Gasteiger partial charge is 0.457 e. The molecule has 0 aliphatic carbocycles. The predicted octanol–water partition coefficient (Wildman–Crippen LogP) is 3.43. The molecule has 0 aromatic heterocycles. The van der Waals surface area contributed by atoms with Gasteiger partial charge in [-0.05, 0) is 37.6 Å². The first-order valence-electron chi connectivity index (χ1n) is 7.41. The average Bonchev–Trinajstić information content (AvgIpc) is 2.49. The highest BCUT2D eigenvalue weighted by Gasteiger charge is 2.08. The molecule has 2 N–H and O–H groups in total. The summed E-state index contributed by atoms with van der Waals surface area (Å²) in [6.07, 6.45) is 0.602. The fourth-order valence-corrected chi connectivity index (χ4v) is 2.25. The van der Waals surface area contributed by atoms with Crippen molar-refractivity contribution in [2.75, 3.05) is 13.2 Å². The SMILES string of the molecule is CCNCc1cc(C)ccc1Oc1ccccc1CCO. The molecular weight excluding hydrogens is 262 g/mol. The molecule has 0 spiro atoms. The van der Waals surface area contributed by atoms with Crippen molar-refractivity contribution in [1.29, 1.82) is 0 Å². The van der Waals surface area contributed by atoms with E-state index in [2.05, 4.69) is 31.3 Å². The third-order valence-electron chi connectivity index (χ3n) is 3.36. The second-order valence-corrected chi connectivity index (χ2v) is 5.07. The number of aliphatic hydroxyl groups excluding tert-OH is 1. The van der Waals surface area contributed by atoms with E-state index in [0.717, 1.165) is 35.7 Å². The summed E-state index contributed by atoms with van der Waals surface area (Å²) in [5.74, 6) is 1.68. The molecule has 112 valence electrons. The van der Waals surface area contributed by atoms with Crippen molar-refractivity contribution in [1.82, 2.24) is 5.32 Å². The fourth-order valence-electron chi connectivity index (χ4n) is 2.25. The summed E-state index contributed by atoms with van der Waals surface area (Å²) >= 11 is 0. The third kappa shape index (κ3) is 4.31. The van der Waals surface area contributed by atoms with Gasteiger partial charge in [0.05, 0.1) is 0 Å². The van der Waals surface area contributed by atoms with E-state index in [0.29, 0.717) is 6.42 Å². The molecule has 3 heteroatoms. The lowest BCUT2D eigenvalue weighted by Gasteiger charge is -2.15. The van der Waals surface area contributed by atoms with Crippen molar-refractivity contribution in [3.05, 3.63) is 59.2 Å². The number of hydrogen-bond donors (Lipinski definition) is 2. The van der Waals surface area contributed by atoms with Gasteiger partial charge in [0.2, 0.25) is 0 Å². The minimum Gasteiger partial charge on any atom is -0.457 e. The molecule has 0 amide bonds. The van der Waals surface area contributed by atoms with Crippen LogP contribution in [0.3, 0.4) is 0 Å². The van der Waals surface area contributed by atoms with Crippen molar-refractivity contribution >= 4 is 0 Å². The van der Waals surface area contributed by atoms with Crippen LogP contribution < -0.4 is 10.1 Å². The number of benzene rings is 2. The van der Waals surface area contributed by atoms with E-state index in [1.54, 1.807) is 0 Å². The molecule has 0 saturated carbocycles. The van der Waals surface area contributed by atoms with Crippen molar-refractivity contribution in [3.8, 4) is 11.5 Å². The molecule has 0 unspecified atom stereocenters. The van der Waals surface area contributed by atoms with Crippen LogP contribution in [0.15, 0.2) is 42.5 Å². The van der Waals surface area contributed by atoms with Gasteiger partial charge in [-0.2, -0.15) is 0 Å². The minimum atomic E-state index is 0.124. The highest BCUT2D eigenvalue weighted by molar-refractivity contribution is 5.43. The molecule has 3 nitrogen and oxygen atoms in total. The molecule has 2 aromatic rings. The van der Waals surface area contributed by atoms with Crippen LogP contribution in [0.1, 0.15) is 23.6 Å². The second-order valence-electron chi connectivity index (χ2n) is 5.07. The highest BCUT2D eigenvalue weighted by Crippen LogP contribution is 2.29. The zero-order chi connectivity index (χ0) is 15.1. The van der Waals surface area contributed by atoms with Gasteiger partial charge in [0.15, 0.2) is 0 Å². The monoisotopic (exact) mass is 285 g/mol. The van der Waals surface area contributed by atoms with Crippen LogP contribution in [0.25, 0.3) is 0 Å². The summed E-state index contributed by atoms with van der Waals surface area (Å²) in [6.45, 7) is 6.01. The number of aliphatic hydroxyl groups is 1. The van der Waals surface area contributed by atoms with Crippen molar-refractivity contribution < 1.29 is 9.84 Å². The van der Waals surface area contributed by atoms with Crippen LogP contribution in [-0.2, 0) is 13.0 Å². The molecule has 0 saturated heterocycles. The number of hydrogen-bond acceptors (Lipinski definition) is 3. The van der Waals surface area contributed by atoms with Gasteiger partial charge in [-0.1, -0.05) is 42.8 Å². The molecule has 0 heterocycles. The molecular formula is C18H23NO2. The lowest BCUT2D eigenvalue weighted by Crippen LogP contribution is -2.12. The Hall–Kier alpha value is -1.84. The Morgan fingerprint density at radius 2 is 1.81 bits per heavy atom. The van der Waals surface area contributed by atoms with Crippen LogP contribution in [-0.4, -0.2) is 18.3 Å². The first-order valence-corrected chi connectivity index (χ1v) is 7.41. The van der Waals surface area contributed by atoms with Gasteiger partial charge in [0.25, 0.3) is 0 Å². The van der Waals surface area contributed by atoms with E-state index in [4.69, 9.17) is 9.84 Å². The standard InChI is InChI=1S/C18H23NO2/c1-3-19-13-16-12-14(2)8-9-18(16)21-17-7-5-4-6-15(17)10-11-20/h4-9,12,19-20H,3,10-11,13H2,1-2H3. The zero-order valence-electron chi connectivity index (χ0n) is 12.7. The van der Waals surface area contributed by atoms with E-state index in [9.17, 15) is 0 Å². The summed E-state index contributed by atoms with van der Waals surface area (Å²) in [4.78, 5) is 0. The minimum absolute atomic E-state index is 0.124. The van der Waals surface area contributed by atoms with E-state index >= 15 is 0 Å². The molecule has 0 radical (unpaired) electrons. The molecule has 0 fully saturated rings. The van der Waals surface area contributed by atoms with Gasteiger partial charge in [0.1, 0.15) is 11.5 Å². The fraction of sp³-hybridized carbons (Fsp3) is 0.333. The van der Waals surface area contributed by atoms with Crippen LogP contribution in [0.4, 0.5) is 0 Å². The maximum atomic E-state index is 9.15. The normalized spacial score (nSPS) is 10.6. The first kappa shape index (κ1) is 15.5. The Labute approximate surface area is 126 Å². The van der Waals surface area contributed by atoms with Gasteiger partial charge in [0, 0.05) is 18.7 Å². The lowest BCUT2D eigenvalue weighted by molar-refractivity contribution is 0.298. The Bertz CT molecular complexity index is 581. The van der Waals surface area contributed by atoms with Crippen molar-refractivity contribution in [3.63, 3.8) is 0 Å². The number of ether oxygens (including phenoxy) is 1. The average molecular weight is 285 g/mol. The van der Waals surface area contributed by atoms with E-state index < -0.39 is 0 Å². The zero-order valence-corrected chi connectivity index (χ0v) is 12.7. The van der Waals surface area contributed by atoms with E-state index in [-0.39, 0.29) is 6.61 Å². The van der Waals surface area contributed by atoms with E-state index in [1.807, 2.05) is 30.3 Å². The molecule has 0 atom stereocenters. The molecule has 2 rings (SSSR count). The van der Waals surface area contributed by atoms with Crippen molar-refractivity contribution in [2.45, 2.75) is 26.8 Å². The first-order chi connectivity index (χ1) is 10.2. The molecule has 0 aliphatic rings. The van der Waals surface area contributed by atoms with Crippen LogP contribution in [0.5, 0.6) is 11.5 Å². The van der Waals surface area contributed by atoms with Crippen LogP contribution in [0, 0.1) is 6.92 Å². The quantitative estimate of drug-likeness (QED) is 0.819. The second kappa shape index (κ2) is 7.81. The Morgan fingerprint density at radius 3 is 2.57 bits per heavy atom. The van der Waals surface area contributed by atoms with Gasteiger partial charge in [-0.3, -0.25) is 0 Å².